The van der Waals surface area contributed by atoms with E-state index in [1.165, 1.54) is 0 Å². The number of ether oxygens (including phenoxy) is 1. The zero-order valence-electron chi connectivity index (χ0n) is 10.1. The van der Waals surface area contributed by atoms with E-state index in [1.807, 2.05) is 4.90 Å². The summed E-state index contributed by atoms with van der Waals surface area (Å²) in [6.45, 7) is 2.14. The summed E-state index contributed by atoms with van der Waals surface area (Å²) >= 11 is 0. The van der Waals surface area contributed by atoms with Crippen molar-refractivity contribution in [2.24, 2.45) is 10.8 Å². The highest BCUT2D eigenvalue weighted by molar-refractivity contribution is 7.91. The first kappa shape index (κ1) is 14.2. The molecular formula is C9H20N4O3S. The zero-order valence-corrected chi connectivity index (χ0v) is 10.9. The van der Waals surface area contributed by atoms with Crippen LogP contribution in [0.5, 0.6) is 0 Å². The maximum absolute atomic E-state index is 11.3. The monoisotopic (exact) mass is 264 g/mol. The second kappa shape index (κ2) is 6.77. The maximum atomic E-state index is 11.3. The third-order valence-corrected chi connectivity index (χ3v) is 4.15. The van der Waals surface area contributed by atoms with Crippen molar-refractivity contribution in [3.63, 3.8) is 0 Å². The van der Waals surface area contributed by atoms with Crippen LogP contribution in [0.2, 0.25) is 0 Å². The Morgan fingerprint density at radius 2 is 2.12 bits per heavy atom. The summed E-state index contributed by atoms with van der Waals surface area (Å²) in [7, 11) is -1.23. The summed E-state index contributed by atoms with van der Waals surface area (Å²) < 4.78 is 27.5. The van der Waals surface area contributed by atoms with Crippen LogP contribution in [0.4, 0.5) is 0 Å². The van der Waals surface area contributed by atoms with Gasteiger partial charge in [-0.3, -0.25) is 10.4 Å². The zero-order chi connectivity index (χ0) is 12.7. The fourth-order valence-electron chi connectivity index (χ4n) is 1.56. The molecule has 0 aromatic carbocycles. The van der Waals surface area contributed by atoms with Gasteiger partial charge in [0.1, 0.15) is 0 Å². The number of nitrogens with zero attached hydrogens (tertiary/aromatic N) is 2. The van der Waals surface area contributed by atoms with Crippen molar-refractivity contribution >= 4 is 15.8 Å². The lowest BCUT2D eigenvalue weighted by Crippen LogP contribution is -2.51. The Balaban J connectivity index is 2.45. The number of hydrogen-bond acceptors (Lipinski definition) is 5. The molecule has 1 aliphatic rings. The van der Waals surface area contributed by atoms with Gasteiger partial charge in [-0.2, -0.15) is 0 Å². The number of aliphatic imine (C=N–C) groups is 1. The van der Waals surface area contributed by atoms with E-state index in [0.717, 1.165) is 6.42 Å². The van der Waals surface area contributed by atoms with Crippen LogP contribution < -0.4 is 11.3 Å². The van der Waals surface area contributed by atoms with Gasteiger partial charge in [-0.15, -0.1) is 0 Å². The van der Waals surface area contributed by atoms with Crippen LogP contribution >= 0.6 is 0 Å². The van der Waals surface area contributed by atoms with E-state index in [1.54, 1.807) is 7.11 Å². The van der Waals surface area contributed by atoms with Crippen molar-refractivity contribution in [1.82, 2.24) is 10.3 Å². The molecule has 0 amide bonds. The normalized spacial score (nSPS) is 20.4. The molecule has 0 atom stereocenters. The molecular weight excluding hydrogens is 244 g/mol. The molecule has 0 aromatic rings. The largest absolute Gasteiger partial charge is 0.385 e. The Kier molecular flexibility index (Phi) is 5.66. The summed E-state index contributed by atoms with van der Waals surface area (Å²) in [5, 5.41) is 0. The quantitative estimate of drug-likeness (QED) is 0.212. The fourth-order valence-corrected chi connectivity index (χ4v) is 2.76. The molecule has 0 radical (unpaired) electrons. The minimum atomic E-state index is -2.87. The van der Waals surface area contributed by atoms with Crippen LogP contribution in [0, 0.1) is 0 Å². The highest BCUT2D eigenvalue weighted by Gasteiger charge is 2.23. The Labute approximate surface area is 102 Å². The lowest BCUT2D eigenvalue weighted by Gasteiger charge is -2.29. The maximum Gasteiger partial charge on any atom is 0.208 e. The molecule has 0 bridgehead atoms. The molecule has 0 saturated carbocycles. The number of rotatable bonds is 4. The molecule has 8 heteroatoms. The average Bonchev–Trinajstić information content (AvgIpc) is 2.30. The molecule has 3 N–H and O–H groups in total. The third kappa shape index (κ3) is 4.88. The van der Waals surface area contributed by atoms with Crippen molar-refractivity contribution in [3.05, 3.63) is 0 Å². The molecule has 17 heavy (non-hydrogen) atoms. The van der Waals surface area contributed by atoms with Gasteiger partial charge in [-0.05, 0) is 6.42 Å². The van der Waals surface area contributed by atoms with Gasteiger partial charge < -0.3 is 9.64 Å². The van der Waals surface area contributed by atoms with E-state index in [9.17, 15) is 8.42 Å². The first-order valence-electron chi connectivity index (χ1n) is 5.54. The molecule has 1 saturated heterocycles. The molecule has 1 aliphatic heterocycles. The minimum absolute atomic E-state index is 0.159. The second-order valence-corrected chi connectivity index (χ2v) is 6.14. The predicted octanol–water partition coefficient (Wildman–Crippen LogP) is -1.43. The van der Waals surface area contributed by atoms with Gasteiger partial charge >= 0.3 is 0 Å². The first-order chi connectivity index (χ1) is 8.09. The fraction of sp³-hybridized carbons (Fsp3) is 0.889. The predicted molar refractivity (Wildman–Crippen MR) is 66.3 cm³/mol. The molecule has 1 heterocycles. The van der Waals surface area contributed by atoms with Crippen LogP contribution in [0.3, 0.4) is 0 Å². The van der Waals surface area contributed by atoms with E-state index in [4.69, 9.17) is 10.6 Å². The Hall–Kier alpha value is -0.860. The van der Waals surface area contributed by atoms with E-state index in [-0.39, 0.29) is 11.5 Å². The smallest absolute Gasteiger partial charge is 0.208 e. The van der Waals surface area contributed by atoms with Crippen LogP contribution in [-0.4, -0.2) is 64.1 Å². The lowest BCUT2D eigenvalue weighted by molar-refractivity contribution is 0.197. The van der Waals surface area contributed by atoms with Crippen LogP contribution in [0.1, 0.15) is 6.42 Å². The second-order valence-electron chi connectivity index (χ2n) is 3.83. The van der Waals surface area contributed by atoms with E-state index < -0.39 is 9.84 Å². The highest BCUT2D eigenvalue weighted by Crippen LogP contribution is 2.03. The molecule has 0 aromatic heterocycles. The SMILES string of the molecule is COCCCN=C(NN)N1CCS(=O)(=O)CC1. The average molecular weight is 264 g/mol. The van der Waals surface area contributed by atoms with Crippen molar-refractivity contribution < 1.29 is 13.2 Å². The van der Waals surface area contributed by atoms with E-state index >= 15 is 0 Å². The molecule has 0 spiro atoms. The van der Waals surface area contributed by atoms with Gasteiger partial charge in [0.05, 0.1) is 11.5 Å². The number of nitrogens with one attached hydrogen (secondary N) is 1. The van der Waals surface area contributed by atoms with Crippen molar-refractivity contribution in [3.8, 4) is 0 Å². The Morgan fingerprint density at radius 3 is 2.65 bits per heavy atom. The van der Waals surface area contributed by atoms with Crippen LogP contribution in [-0.2, 0) is 14.6 Å². The number of nitrogens with two attached hydrogens (primary N) is 1. The first-order valence-corrected chi connectivity index (χ1v) is 7.36. The molecule has 0 aliphatic carbocycles. The summed E-state index contributed by atoms with van der Waals surface area (Å²) in [4.78, 5) is 6.14. The number of sulfone groups is 1. The van der Waals surface area contributed by atoms with Crippen molar-refractivity contribution in [1.29, 1.82) is 0 Å². The van der Waals surface area contributed by atoms with Gasteiger partial charge in [0.2, 0.25) is 5.96 Å². The topological polar surface area (TPSA) is 97.0 Å². The molecule has 0 unspecified atom stereocenters. The van der Waals surface area contributed by atoms with Crippen molar-refractivity contribution in [2.75, 3.05) is 44.9 Å². The van der Waals surface area contributed by atoms with Gasteiger partial charge in [-0.25, -0.2) is 14.3 Å². The standard InChI is InChI=1S/C9H20N4O3S/c1-16-6-2-3-11-9(12-10)13-4-7-17(14,15)8-5-13/h2-8,10H2,1H3,(H,11,12). The Bertz CT molecular complexity index is 341. The van der Waals surface area contributed by atoms with Gasteiger partial charge in [0, 0.05) is 33.4 Å². The molecule has 7 nitrogen and oxygen atoms in total. The summed E-state index contributed by atoms with van der Waals surface area (Å²) in [5.74, 6) is 6.25. The van der Waals surface area contributed by atoms with Gasteiger partial charge in [0.15, 0.2) is 9.84 Å². The van der Waals surface area contributed by atoms with E-state index in [2.05, 4.69) is 10.4 Å². The minimum Gasteiger partial charge on any atom is -0.385 e. The van der Waals surface area contributed by atoms with E-state index in [0.29, 0.717) is 32.2 Å². The third-order valence-electron chi connectivity index (χ3n) is 2.54. The number of hydrogen-bond donors (Lipinski definition) is 2. The summed E-state index contributed by atoms with van der Waals surface area (Å²) in [6.07, 6.45) is 0.813. The summed E-state index contributed by atoms with van der Waals surface area (Å²) in [6, 6.07) is 0. The molecule has 1 rings (SSSR count). The summed E-state index contributed by atoms with van der Waals surface area (Å²) in [5.41, 5.74) is 2.52. The number of methoxy groups -OCH3 is 1. The number of guanidine groups is 1. The Morgan fingerprint density at radius 1 is 1.47 bits per heavy atom. The number of hydrazine groups is 1. The van der Waals surface area contributed by atoms with Gasteiger partial charge in [0.25, 0.3) is 0 Å². The molecule has 100 valence electrons. The van der Waals surface area contributed by atoms with Crippen LogP contribution in [0.15, 0.2) is 4.99 Å². The lowest BCUT2D eigenvalue weighted by atomic mass is 10.4. The molecule has 1 fully saturated rings. The van der Waals surface area contributed by atoms with Gasteiger partial charge in [-0.1, -0.05) is 0 Å². The van der Waals surface area contributed by atoms with Crippen LogP contribution in [0.25, 0.3) is 0 Å². The highest BCUT2D eigenvalue weighted by atomic mass is 32.2. The van der Waals surface area contributed by atoms with Crippen molar-refractivity contribution in [2.45, 2.75) is 6.42 Å².